The van der Waals surface area contributed by atoms with E-state index in [2.05, 4.69) is 0 Å². The number of carbonyl (C=O) groups is 1. The highest BCUT2D eigenvalue weighted by molar-refractivity contribution is 5.92. The summed E-state index contributed by atoms with van der Waals surface area (Å²) in [6.07, 6.45) is -1.27. The minimum Gasteiger partial charge on any atom is -0.493 e. The van der Waals surface area contributed by atoms with Crippen LogP contribution in [0.25, 0.3) is 6.08 Å². The highest BCUT2D eigenvalue weighted by Gasteiger charge is 2.31. The van der Waals surface area contributed by atoms with Crippen molar-refractivity contribution >= 4 is 17.7 Å². The summed E-state index contributed by atoms with van der Waals surface area (Å²) in [5.41, 5.74) is 0.525. The number of piperazine rings is 1. The second-order valence-corrected chi connectivity index (χ2v) is 7.15. The van der Waals surface area contributed by atoms with Crippen molar-refractivity contribution in [3.05, 3.63) is 53.6 Å². The number of rotatable bonds is 6. The van der Waals surface area contributed by atoms with Gasteiger partial charge in [0.25, 0.3) is 0 Å². The van der Waals surface area contributed by atoms with Crippen molar-refractivity contribution in [2.24, 2.45) is 0 Å². The first kappa shape index (κ1) is 23.3. The average molecular weight is 450 g/mol. The Balaban J connectivity index is 1.64. The predicted molar refractivity (Wildman–Crippen MR) is 115 cm³/mol. The number of benzene rings is 2. The quantitative estimate of drug-likeness (QED) is 0.621. The molecule has 0 spiro atoms. The van der Waals surface area contributed by atoms with Crippen molar-refractivity contribution in [1.29, 1.82) is 0 Å². The van der Waals surface area contributed by atoms with Gasteiger partial charge in [-0.3, -0.25) is 4.79 Å². The van der Waals surface area contributed by atoms with Gasteiger partial charge in [-0.2, -0.15) is 13.2 Å². The number of anilines is 1. The van der Waals surface area contributed by atoms with Crippen molar-refractivity contribution in [2.75, 3.05) is 52.4 Å². The molecule has 0 radical (unpaired) electrons. The normalized spacial score (nSPS) is 14.6. The first-order chi connectivity index (χ1) is 15.3. The van der Waals surface area contributed by atoms with Gasteiger partial charge < -0.3 is 24.0 Å². The van der Waals surface area contributed by atoms with Crippen molar-refractivity contribution in [2.45, 2.75) is 6.18 Å². The van der Waals surface area contributed by atoms with Crippen LogP contribution in [-0.4, -0.2) is 58.3 Å². The molecule has 172 valence electrons. The highest BCUT2D eigenvalue weighted by Crippen LogP contribution is 2.38. The molecule has 32 heavy (non-hydrogen) atoms. The van der Waals surface area contributed by atoms with E-state index in [9.17, 15) is 18.0 Å². The zero-order valence-electron chi connectivity index (χ0n) is 18.1. The summed E-state index contributed by atoms with van der Waals surface area (Å²) in [5.74, 6) is 1.24. The van der Waals surface area contributed by atoms with Gasteiger partial charge in [0.15, 0.2) is 11.5 Å². The molecule has 0 atom stereocenters. The maximum Gasteiger partial charge on any atom is 0.416 e. The molecule has 9 heteroatoms. The first-order valence-electron chi connectivity index (χ1n) is 9.96. The molecule has 0 unspecified atom stereocenters. The molecule has 1 aliphatic heterocycles. The molecule has 0 aromatic heterocycles. The SMILES string of the molecule is COc1cc(C=CC(=O)N2CCN(c3cccc(C(F)(F)F)c3)CC2)cc(OC)c1OC. The third kappa shape index (κ3) is 5.27. The first-order valence-corrected chi connectivity index (χ1v) is 9.96. The van der Waals surface area contributed by atoms with Gasteiger partial charge >= 0.3 is 6.18 Å². The standard InChI is InChI=1S/C23H25F3N2O4/c1-30-19-13-16(14-20(31-2)22(19)32-3)7-8-21(29)28-11-9-27(10-12-28)18-6-4-5-17(15-18)23(24,25)26/h4-8,13-15H,9-12H2,1-3H3. The predicted octanol–water partition coefficient (Wildman–Crippen LogP) is 4.09. The van der Waals surface area contributed by atoms with Crippen LogP contribution in [-0.2, 0) is 11.0 Å². The van der Waals surface area contributed by atoms with Crippen LogP contribution in [0.2, 0.25) is 0 Å². The van der Waals surface area contributed by atoms with E-state index in [0.29, 0.717) is 54.7 Å². The van der Waals surface area contributed by atoms with Crippen LogP contribution in [0.3, 0.4) is 0 Å². The molecular weight excluding hydrogens is 425 g/mol. The van der Waals surface area contributed by atoms with Gasteiger partial charge in [-0.05, 0) is 42.0 Å². The van der Waals surface area contributed by atoms with Crippen molar-refractivity contribution in [3.63, 3.8) is 0 Å². The summed E-state index contributed by atoms with van der Waals surface area (Å²) < 4.78 is 54.8. The minimum absolute atomic E-state index is 0.178. The van der Waals surface area contributed by atoms with Crippen molar-refractivity contribution < 1.29 is 32.2 Å². The fraction of sp³-hybridized carbons (Fsp3) is 0.348. The number of halogens is 3. The fourth-order valence-corrected chi connectivity index (χ4v) is 3.53. The van der Waals surface area contributed by atoms with E-state index in [1.165, 1.54) is 33.5 Å². The number of amides is 1. The summed E-state index contributed by atoms with van der Waals surface area (Å²) in [4.78, 5) is 16.1. The lowest BCUT2D eigenvalue weighted by Crippen LogP contribution is -2.48. The number of nitrogens with zero attached hydrogens (tertiary/aromatic N) is 2. The van der Waals surface area contributed by atoms with Gasteiger partial charge in [-0.1, -0.05) is 6.07 Å². The van der Waals surface area contributed by atoms with Gasteiger partial charge in [-0.25, -0.2) is 0 Å². The summed E-state index contributed by atoms with van der Waals surface area (Å²) in [6, 6.07) is 8.71. The van der Waals surface area contributed by atoms with E-state index in [0.717, 1.165) is 12.1 Å². The zero-order chi connectivity index (χ0) is 23.3. The minimum atomic E-state index is -4.38. The van der Waals surface area contributed by atoms with Crippen LogP contribution in [0.5, 0.6) is 17.2 Å². The van der Waals surface area contributed by atoms with Crippen LogP contribution in [0.15, 0.2) is 42.5 Å². The Morgan fingerprint density at radius 1 is 0.938 bits per heavy atom. The Morgan fingerprint density at radius 3 is 2.09 bits per heavy atom. The number of carbonyl (C=O) groups excluding carboxylic acids is 1. The number of alkyl halides is 3. The van der Waals surface area contributed by atoms with Crippen LogP contribution in [0.1, 0.15) is 11.1 Å². The van der Waals surface area contributed by atoms with Gasteiger partial charge in [-0.15, -0.1) is 0 Å². The maximum atomic E-state index is 13.0. The molecule has 1 saturated heterocycles. The van der Waals surface area contributed by atoms with E-state index in [4.69, 9.17) is 14.2 Å². The van der Waals surface area contributed by atoms with Gasteiger partial charge in [0.2, 0.25) is 11.7 Å². The molecule has 2 aromatic carbocycles. The van der Waals surface area contributed by atoms with Gasteiger partial charge in [0, 0.05) is 37.9 Å². The molecule has 3 rings (SSSR count). The fourth-order valence-electron chi connectivity index (χ4n) is 3.53. The Kier molecular flexibility index (Phi) is 7.17. The molecule has 0 saturated carbocycles. The van der Waals surface area contributed by atoms with Crippen molar-refractivity contribution in [1.82, 2.24) is 4.90 Å². The van der Waals surface area contributed by atoms with Crippen molar-refractivity contribution in [3.8, 4) is 17.2 Å². The third-order valence-electron chi connectivity index (χ3n) is 5.24. The molecule has 0 aliphatic carbocycles. The van der Waals surface area contributed by atoms with Crippen LogP contribution < -0.4 is 19.1 Å². The second-order valence-electron chi connectivity index (χ2n) is 7.15. The zero-order valence-corrected chi connectivity index (χ0v) is 18.1. The molecule has 1 heterocycles. The molecule has 1 fully saturated rings. The molecule has 0 N–H and O–H groups in total. The summed E-state index contributed by atoms with van der Waals surface area (Å²) in [6.45, 7) is 1.72. The highest BCUT2D eigenvalue weighted by atomic mass is 19.4. The third-order valence-corrected chi connectivity index (χ3v) is 5.24. The number of ether oxygens (including phenoxy) is 3. The van der Waals surface area contributed by atoms with Gasteiger partial charge in [0.05, 0.1) is 26.9 Å². The molecule has 1 amide bonds. The largest absolute Gasteiger partial charge is 0.493 e. The van der Waals surface area contributed by atoms with E-state index >= 15 is 0 Å². The number of methoxy groups -OCH3 is 3. The Hall–Kier alpha value is -3.36. The van der Waals surface area contributed by atoms with E-state index in [1.807, 2.05) is 4.90 Å². The monoisotopic (exact) mass is 450 g/mol. The summed E-state index contributed by atoms with van der Waals surface area (Å²) >= 11 is 0. The molecule has 0 bridgehead atoms. The van der Waals surface area contributed by atoms with E-state index < -0.39 is 11.7 Å². The van der Waals surface area contributed by atoms with E-state index in [-0.39, 0.29) is 5.91 Å². The molecular formula is C23H25F3N2O4. The topological polar surface area (TPSA) is 51.2 Å². The van der Waals surface area contributed by atoms with Crippen LogP contribution in [0.4, 0.5) is 18.9 Å². The lowest BCUT2D eigenvalue weighted by molar-refractivity contribution is -0.137. The molecule has 1 aliphatic rings. The van der Waals surface area contributed by atoms with Gasteiger partial charge in [0.1, 0.15) is 0 Å². The lowest BCUT2D eigenvalue weighted by Gasteiger charge is -2.35. The average Bonchev–Trinajstić information content (AvgIpc) is 2.81. The Labute approximate surface area is 184 Å². The molecule has 2 aromatic rings. The smallest absolute Gasteiger partial charge is 0.416 e. The molecule has 6 nitrogen and oxygen atoms in total. The summed E-state index contributed by atoms with van der Waals surface area (Å²) in [7, 11) is 4.54. The second kappa shape index (κ2) is 9.84. The van der Waals surface area contributed by atoms with Crippen LogP contribution >= 0.6 is 0 Å². The number of hydrogen-bond acceptors (Lipinski definition) is 5. The van der Waals surface area contributed by atoms with Crippen LogP contribution in [0, 0.1) is 0 Å². The maximum absolute atomic E-state index is 13.0. The van der Waals surface area contributed by atoms with E-state index in [1.54, 1.807) is 29.2 Å². The Morgan fingerprint density at radius 2 is 1.56 bits per heavy atom. The number of hydrogen-bond donors (Lipinski definition) is 0. The summed E-state index contributed by atoms with van der Waals surface area (Å²) in [5, 5.41) is 0. The Bertz CT molecular complexity index is 958. The lowest BCUT2D eigenvalue weighted by atomic mass is 10.1.